The molecular weight excluding hydrogens is 399 g/mol. The molecule has 0 aromatic carbocycles. The van der Waals surface area contributed by atoms with Crippen LogP contribution in [0.4, 0.5) is 0 Å². The molecule has 0 aromatic rings. The molecule has 0 bridgehead atoms. The summed E-state index contributed by atoms with van der Waals surface area (Å²) in [5.41, 5.74) is 0. The van der Waals surface area contributed by atoms with Gasteiger partial charge < -0.3 is 25.3 Å². The molecule has 0 saturated heterocycles. The molecule has 21 heavy (non-hydrogen) atoms. The number of hydrogen-bond acceptors (Lipinski definition) is 2. The van der Waals surface area contributed by atoms with Crippen LogP contribution in [-0.2, 0) is 25.3 Å². The zero-order chi connectivity index (χ0) is 16.5. The van der Waals surface area contributed by atoms with Gasteiger partial charge in [-0.3, -0.25) is 0 Å². The third-order valence-corrected chi connectivity index (χ3v) is 2.89. The zero-order valence-electron chi connectivity index (χ0n) is 15.5. The van der Waals surface area contributed by atoms with Gasteiger partial charge in [0, 0.05) is 0 Å². The van der Waals surface area contributed by atoms with Gasteiger partial charge in [0.15, 0.2) is 0 Å². The van der Waals surface area contributed by atoms with Crippen LogP contribution in [0.5, 0.6) is 0 Å². The van der Waals surface area contributed by atoms with Crippen LogP contribution in [0.15, 0.2) is 0 Å². The van der Waals surface area contributed by atoms with Crippen molar-refractivity contribution in [2.24, 2.45) is 0 Å². The smallest absolute Gasteiger partial charge is 0.793 e. The van der Waals surface area contributed by atoms with E-state index in [0.717, 1.165) is 11.5 Å². The topological polar surface area (TPSA) is 0 Å². The number of unbranched alkanes of at least 4 members (excludes halogenated alkanes) is 6. The van der Waals surface area contributed by atoms with Gasteiger partial charge in [-0.1, -0.05) is 92.9 Å². The van der Waals surface area contributed by atoms with Crippen LogP contribution in [0.3, 0.4) is 0 Å². The Hall–Kier alpha value is 1.50. The van der Waals surface area contributed by atoms with Gasteiger partial charge in [0.05, 0.1) is 0 Å². The van der Waals surface area contributed by atoms with Gasteiger partial charge >= 0.3 is 23.9 Å². The fourth-order valence-electron chi connectivity index (χ4n) is 0.704. The normalized spacial score (nSPS) is 8.00. The molecule has 0 fully saturated rings. The maximum Gasteiger partial charge on any atom is 2.00 e. The minimum absolute atomic E-state index is 0. The van der Waals surface area contributed by atoms with Crippen LogP contribution < -0.4 is 0 Å². The quantitative estimate of drug-likeness (QED) is 0.247. The predicted octanol–water partition coefficient (Wildman–Crippen LogP) is 6.31. The van der Waals surface area contributed by atoms with Crippen LogP contribution in [0, 0.1) is 12.8 Å². The van der Waals surface area contributed by atoms with E-state index in [1.165, 1.54) is 51.4 Å². The molecule has 4 radical (unpaired) electrons. The summed E-state index contributed by atoms with van der Waals surface area (Å²) in [5, 5.41) is 0. The minimum Gasteiger partial charge on any atom is -0.793 e. The van der Waals surface area contributed by atoms with Crippen molar-refractivity contribution in [3.05, 3.63) is 12.8 Å². The van der Waals surface area contributed by atoms with Crippen molar-refractivity contribution >= 4 is 49.2 Å². The van der Waals surface area contributed by atoms with Crippen molar-refractivity contribution in [2.75, 3.05) is 11.5 Å². The van der Waals surface area contributed by atoms with Crippen LogP contribution in [0.1, 0.15) is 92.9 Å². The molecule has 0 rings (SSSR count). The molecule has 128 valence electrons. The van der Waals surface area contributed by atoms with Crippen molar-refractivity contribution in [1.29, 1.82) is 0 Å². The molecule has 0 aliphatic carbocycles. The molecule has 0 amide bonds. The molecule has 0 saturated carbocycles. The minimum atomic E-state index is 0. The van der Waals surface area contributed by atoms with Crippen LogP contribution in [-0.4, -0.2) is 35.4 Å². The molecule has 0 nitrogen and oxygen atoms in total. The number of rotatable bonds is 8. The van der Waals surface area contributed by atoms with E-state index in [0.29, 0.717) is 0 Å². The molecule has 0 N–H and O–H groups in total. The Bertz CT molecular complexity index is 77.2. The van der Waals surface area contributed by atoms with Crippen LogP contribution in [0.2, 0.25) is 0 Å². The van der Waals surface area contributed by atoms with Crippen LogP contribution >= 0.6 is 0 Å². The van der Waals surface area contributed by atoms with Crippen LogP contribution in [0.25, 0.3) is 0 Å². The molecule has 0 atom stereocenters. The fourth-order valence-corrected chi connectivity index (χ4v) is 1.11. The molecule has 0 aliphatic rings. The second-order valence-electron chi connectivity index (χ2n) is 4.46. The molecule has 0 aliphatic heterocycles. The molecule has 3 heteroatoms. The average molecular weight is 439 g/mol. The summed E-state index contributed by atoms with van der Waals surface area (Å²) in [7, 11) is 0. The third-order valence-electron chi connectivity index (χ3n) is 2.31. The van der Waals surface area contributed by atoms with E-state index in [1.807, 2.05) is 0 Å². The molecule has 0 spiro atoms. The standard InChI is InChI=1S/2C5H12S.2C4H9.Sn/c2*1-2-3-4-5-6;2*1-3-4-2;/h2*6H,2-5H2,1H3;2*3H,4H2,1-2H3;/q;;;;+2/p-2. The second kappa shape index (κ2) is 49.6. The summed E-state index contributed by atoms with van der Waals surface area (Å²) < 4.78 is 0. The number of hydrogen-bond donors (Lipinski definition) is 0. The maximum atomic E-state index is 4.72. The SMILES string of the molecule is CCCCC[S-].CCCCC[S-].C[CH]CC.C[CH]CC.[Sn+2]. The molecular formula is C18H40S2Sn. The zero-order valence-corrected chi connectivity index (χ0v) is 20.0. The van der Waals surface area contributed by atoms with E-state index in [-0.39, 0.29) is 23.9 Å². The van der Waals surface area contributed by atoms with Gasteiger partial charge in [0.1, 0.15) is 0 Å². The van der Waals surface area contributed by atoms with Gasteiger partial charge in [0.25, 0.3) is 0 Å². The van der Waals surface area contributed by atoms with E-state index in [9.17, 15) is 0 Å². The first-order valence-electron chi connectivity index (χ1n) is 8.38. The summed E-state index contributed by atoms with van der Waals surface area (Å²) >= 11 is 9.43. The van der Waals surface area contributed by atoms with E-state index in [2.05, 4.69) is 54.4 Å². The van der Waals surface area contributed by atoms with Crippen molar-refractivity contribution in [2.45, 2.75) is 92.9 Å². The first-order valence-corrected chi connectivity index (χ1v) is 9.53. The fraction of sp³-hybridized carbons (Fsp3) is 0.889. The average Bonchev–Trinajstić information content (AvgIpc) is 2.51. The summed E-state index contributed by atoms with van der Waals surface area (Å²) in [6.45, 7) is 12.7. The van der Waals surface area contributed by atoms with Gasteiger partial charge in [-0.2, -0.15) is 11.5 Å². The Labute approximate surface area is 165 Å². The molecule has 0 heterocycles. The summed E-state index contributed by atoms with van der Waals surface area (Å²) in [4.78, 5) is 0. The summed E-state index contributed by atoms with van der Waals surface area (Å²) in [5.74, 6) is 1.88. The Morgan fingerprint density at radius 1 is 0.619 bits per heavy atom. The van der Waals surface area contributed by atoms with Crippen molar-refractivity contribution < 1.29 is 0 Å². The van der Waals surface area contributed by atoms with Crippen molar-refractivity contribution in [1.82, 2.24) is 0 Å². The molecule has 0 unspecified atom stereocenters. The van der Waals surface area contributed by atoms with Crippen molar-refractivity contribution in [3.63, 3.8) is 0 Å². The Balaban J connectivity index is -0.0000000544. The third kappa shape index (κ3) is 90.6. The first-order chi connectivity index (χ1) is 9.66. The summed E-state index contributed by atoms with van der Waals surface area (Å²) in [6, 6.07) is 0. The van der Waals surface area contributed by atoms with Gasteiger partial charge in [0.2, 0.25) is 0 Å². The van der Waals surface area contributed by atoms with Gasteiger partial charge in [-0.25, -0.2) is 0 Å². The van der Waals surface area contributed by atoms with E-state index in [1.54, 1.807) is 0 Å². The van der Waals surface area contributed by atoms with Gasteiger partial charge in [-0.15, -0.1) is 0 Å². The Morgan fingerprint density at radius 3 is 0.905 bits per heavy atom. The predicted molar refractivity (Wildman–Crippen MR) is 110 cm³/mol. The summed E-state index contributed by atoms with van der Waals surface area (Å²) in [6.07, 6.45) is 14.3. The molecule has 0 aromatic heterocycles. The second-order valence-corrected chi connectivity index (χ2v) is 5.27. The van der Waals surface area contributed by atoms with Gasteiger partial charge in [-0.05, 0) is 12.8 Å². The Morgan fingerprint density at radius 2 is 0.857 bits per heavy atom. The monoisotopic (exact) mass is 440 g/mol. The Kier molecular flexibility index (Phi) is 80.2. The van der Waals surface area contributed by atoms with E-state index < -0.39 is 0 Å². The van der Waals surface area contributed by atoms with E-state index >= 15 is 0 Å². The first kappa shape index (κ1) is 34.0. The largest absolute Gasteiger partial charge is 2.00 e. The maximum absolute atomic E-state index is 4.72. The van der Waals surface area contributed by atoms with E-state index in [4.69, 9.17) is 25.3 Å². The van der Waals surface area contributed by atoms with Crippen molar-refractivity contribution in [3.8, 4) is 0 Å².